The Morgan fingerprint density at radius 3 is 2.31 bits per heavy atom. The number of ether oxygens (including phenoxy) is 3. The van der Waals surface area contributed by atoms with E-state index in [0.717, 1.165) is 38.9 Å². The number of nitrogens with one attached hydrogen (secondary N) is 1. The van der Waals surface area contributed by atoms with Gasteiger partial charge in [-0.15, -0.1) is 0 Å². The fourth-order valence-corrected chi connectivity index (χ4v) is 6.08. The third-order valence-corrected chi connectivity index (χ3v) is 9.15. The van der Waals surface area contributed by atoms with Crippen molar-refractivity contribution < 1.29 is 29.2 Å². The summed E-state index contributed by atoms with van der Waals surface area (Å²) in [6.45, 7) is 8.78. The van der Waals surface area contributed by atoms with Crippen LogP contribution in [0.5, 0.6) is 0 Å². The molecular weight excluding hydrogens is 604 g/mol. The number of carbonyl (C=O) groups excluding carboxylic acids is 1. The molecule has 1 amide bonds. The average Bonchev–Trinajstić information content (AvgIpc) is 3.13. The zero-order valence-corrected chi connectivity index (χ0v) is 27.9. The fourth-order valence-electron chi connectivity index (χ4n) is 6.08. The van der Waals surface area contributed by atoms with E-state index in [2.05, 4.69) is 23.7 Å². The van der Waals surface area contributed by atoms with Crippen molar-refractivity contribution in [2.75, 3.05) is 20.2 Å². The molecule has 5 rings (SSSR count). The number of hydrogen-bond acceptors (Lipinski definition) is 7. The van der Waals surface area contributed by atoms with E-state index in [1.165, 1.54) is 6.08 Å². The van der Waals surface area contributed by atoms with Crippen molar-refractivity contribution in [1.82, 2.24) is 10.2 Å². The third-order valence-electron chi connectivity index (χ3n) is 9.15. The summed E-state index contributed by atoms with van der Waals surface area (Å²) in [4.78, 5) is 14.2. The largest absolute Gasteiger partial charge is 0.445 e. The molecule has 0 aromatic heterocycles. The Kier molecular flexibility index (Phi) is 12.2. The zero-order valence-electron chi connectivity index (χ0n) is 27.9. The molecule has 0 spiro atoms. The highest BCUT2D eigenvalue weighted by atomic mass is 16.7. The van der Waals surface area contributed by atoms with Crippen LogP contribution in [0.25, 0.3) is 11.1 Å². The van der Waals surface area contributed by atoms with Crippen molar-refractivity contribution in [3.05, 3.63) is 144 Å². The lowest BCUT2D eigenvalue weighted by molar-refractivity contribution is -0.276. The van der Waals surface area contributed by atoms with Gasteiger partial charge in [0, 0.05) is 30.6 Å². The number of alkyl carbamates (subject to hydrolysis) is 1. The molecule has 3 N–H and O–H groups in total. The number of rotatable bonds is 13. The Hall–Kier alpha value is -4.31. The second kappa shape index (κ2) is 16.7. The van der Waals surface area contributed by atoms with Crippen molar-refractivity contribution in [1.29, 1.82) is 0 Å². The predicted molar refractivity (Wildman–Crippen MR) is 187 cm³/mol. The molecule has 1 aliphatic rings. The summed E-state index contributed by atoms with van der Waals surface area (Å²) in [6, 6.07) is 33.5. The summed E-state index contributed by atoms with van der Waals surface area (Å²) in [6.07, 6.45) is -0.687. The number of aliphatic hydroxyl groups is 2. The molecule has 0 aliphatic carbocycles. The lowest BCUT2D eigenvalue weighted by Crippen LogP contribution is -2.46. The van der Waals surface area contributed by atoms with Gasteiger partial charge >= 0.3 is 6.09 Å². The SMILES string of the molecule is C=CCOC(=O)NCc1ccccc1-c1ccc(C2OC(CN(C)C(C)C(O)c3ccccc3)C(C)C(c3ccc(CO)cc3)O2)cc1. The van der Waals surface area contributed by atoms with E-state index in [4.69, 9.17) is 14.2 Å². The fraction of sp³-hybridized carbons (Fsp3) is 0.325. The maximum absolute atomic E-state index is 12.0. The summed E-state index contributed by atoms with van der Waals surface area (Å²) < 4.78 is 18.4. The molecule has 1 aliphatic heterocycles. The number of aliphatic hydroxyl groups excluding tert-OH is 2. The van der Waals surface area contributed by atoms with Crippen molar-refractivity contribution in [2.24, 2.45) is 5.92 Å². The number of carbonyl (C=O) groups is 1. The number of amides is 1. The first kappa shape index (κ1) is 35.0. The van der Waals surface area contributed by atoms with Crippen molar-refractivity contribution in [2.45, 2.75) is 57.6 Å². The minimum atomic E-state index is -0.646. The summed E-state index contributed by atoms with van der Waals surface area (Å²) in [5.41, 5.74) is 6.58. The maximum atomic E-state index is 12.0. The summed E-state index contributed by atoms with van der Waals surface area (Å²) >= 11 is 0. The first-order chi connectivity index (χ1) is 23.3. The van der Waals surface area contributed by atoms with Crippen molar-refractivity contribution in [3.8, 4) is 11.1 Å². The van der Waals surface area contributed by atoms with Gasteiger partial charge in [-0.25, -0.2) is 4.79 Å². The number of nitrogens with zero attached hydrogens (tertiary/aromatic N) is 1. The molecule has 4 aromatic carbocycles. The molecule has 8 heteroatoms. The van der Waals surface area contributed by atoms with Gasteiger partial charge in [-0.3, -0.25) is 4.90 Å². The van der Waals surface area contributed by atoms with Gasteiger partial charge in [0.15, 0.2) is 6.29 Å². The molecule has 1 fully saturated rings. The smallest absolute Gasteiger partial charge is 0.407 e. The molecule has 1 heterocycles. The molecule has 1 saturated heterocycles. The molecule has 0 bridgehead atoms. The lowest BCUT2D eigenvalue weighted by atomic mass is 9.89. The zero-order chi connectivity index (χ0) is 34.0. The first-order valence-corrected chi connectivity index (χ1v) is 16.4. The molecular formula is C40H46N2O6. The van der Waals surface area contributed by atoms with Gasteiger partial charge < -0.3 is 29.7 Å². The van der Waals surface area contributed by atoms with E-state index < -0.39 is 18.5 Å². The van der Waals surface area contributed by atoms with Crippen LogP contribution in [0.15, 0.2) is 116 Å². The van der Waals surface area contributed by atoms with Gasteiger partial charge in [-0.05, 0) is 47.4 Å². The van der Waals surface area contributed by atoms with Crippen LogP contribution in [0.4, 0.5) is 4.79 Å². The van der Waals surface area contributed by atoms with Crippen molar-refractivity contribution in [3.63, 3.8) is 0 Å². The predicted octanol–water partition coefficient (Wildman–Crippen LogP) is 7.10. The molecule has 4 aromatic rings. The summed E-state index contributed by atoms with van der Waals surface area (Å²) in [7, 11) is 2.02. The minimum Gasteiger partial charge on any atom is -0.445 e. The van der Waals surface area contributed by atoms with Gasteiger partial charge in [0.2, 0.25) is 0 Å². The topological polar surface area (TPSA) is 100 Å². The van der Waals surface area contributed by atoms with Crippen LogP contribution >= 0.6 is 0 Å². The highest BCUT2D eigenvalue weighted by molar-refractivity contribution is 5.70. The molecule has 6 atom stereocenters. The Morgan fingerprint density at radius 1 is 0.958 bits per heavy atom. The highest BCUT2D eigenvalue weighted by Gasteiger charge is 2.39. The van der Waals surface area contributed by atoms with Crippen LogP contribution < -0.4 is 5.32 Å². The Bertz CT molecular complexity index is 1610. The van der Waals surface area contributed by atoms with E-state index in [1.807, 2.05) is 117 Å². The summed E-state index contributed by atoms with van der Waals surface area (Å²) in [5, 5.41) is 23.5. The maximum Gasteiger partial charge on any atom is 0.407 e. The standard InChI is InChI=1S/C40H46N2O6/c1-5-23-46-40(45)41-24-34-13-9-10-14-35(34)30-19-21-33(22-20-30)39-47-36(25-42(4)28(3)37(44)31-11-7-6-8-12-31)27(2)38(48-39)32-17-15-29(26-43)16-18-32/h5-22,27-28,36-39,43-44H,1,23-26H2,2-4H3,(H,41,45). The van der Waals surface area contributed by atoms with E-state index >= 15 is 0 Å². The van der Waals surface area contributed by atoms with Gasteiger partial charge in [-0.1, -0.05) is 123 Å². The molecule has 0 saturated carbocycles. The monoisotopic (exact) mass is 650 g/mol. The number of benzene rings is 4. The Morgan fingerprint density at radius 2 is 1.62 bits per heavy atom. The molecule has 48 heavy (non-hydrogen) atoms. The molecule has 8 nitrogen and oxygen atoms in total. The van der Waals surface area contributed by atoms with E-state index in [1.54, 1.807) is 0 Å². The molecule has 252 valence electrons. The first-order valence-electron chi connectivity index (χ1n) is 16.4. The molecule has 6 unspecified atom stereocenters. The van der Waals surface area contributed by atoms with E-state index in [-0.39, 0.29) is 37.4 Å². The second-order valence-electron chi connectivity index (χ2n) is 12.4. The minimum absolute atomic E-state index is 0.00145. The Labute approximate surface area is 283 Å². The van der Waals surface area contributed by atoms with Crippen LogP contribution in [-0.4, -0.2) is 53.6 Å². The van der Waals surface area contributed by atoms with E-state index in [0.29, 0.717) is 13.1 Å². The van der Waals surface area contributed by atoms with Crippen LogP contribution in [0.2, 0.25) is 0 Å². The normalized spacial score (nSPS) is 20.5. The van der Waals surface area contributed by atoms with Gasteiger partial charge in [0.25, 0.3) is 0 Å². The summed E-state index contributed by atoms with van der Waals surface area (Å²) in [5.74, 6) is 0.00145. The van der Waals surface area contributed by atoms with Gasteiger partial charge in [0.1, 0.15) is 6.61 Å². The van der Waals surface area contributed by atoms with Crippen LogP contribution in [-0.2, 0) is 27.4 Å². The van der Waals surface area contributed by atoms with Gasteiger partial charge in [-0.2, -0.15) is 0 Å². The quantitative estimate of drug-likeness (QED) is 0.133. The van der Waals surface area contributed by atoms with Gasteiger partial charge in [0.05, 0.1) is 24.9 Å². The van der Waals surface area contributed by atoms with E-state index in [9.17, 15) is 15.0 Å². The lowest BCUT2D eigenvalue weighted by Gasteiger charge is -2.43. The number of hydrogen-bond donors (Lipinski definition) is 3. The van der Waals surface area contributed by atoms with Crippen LogP contribution in [0, 0.1) is 5.92 Å². The third kappa shape index (κ3) is 8.58. The van der Waals surface area contributed by atoms with Crippen molar-refractivity contribution >= 4 is 6.09 Å². The Balaban J connectivity index is 1.36. The second-order valence-corrected chi connectivity index (χ2v) is 12.4. The average molecular weight is 651 g/mol. The molecule has 0 radical (unpaired) electrons. The highest BCUT2D eigenvalue weighted by Crippen LogP contribution is 2.42. The van der Waals surface area contributed by atoms with Crippen LogP contribution in [0.3, 0.4) is 0 Å². The van der Waals surface area contributed by atoms with Crippen LogP contribution in [0.1, 0.15) is 60.2 Å². The number of likely N-dealkylation sites (N-methyl/N-ethyl adjacent to an activating group) is 1.